The van der Waals surface area contributed by atoms with Gasteiger partial charge >= 0.3 is 0 Å². The zero-order valence-corrected chi connectivity index (χ0v) is 14.7. The van der Waals surface area contributed by atoms with Gasteiger partial charge in [0, 0.05) is 11.1 Å². The number of aromatic nitrogens is 3. The fourth-order valence-corrected chi connectivity index (χ4v) is 4.14. The number of hydrogen-bond acceptors (Lipinski definition) is 6. The Morgan fingerprint density at radius 3 is 2.78 bits per heavy atom. The quantitative estimate of drug-likeness (QED) is 0.729. The number of para-hydroxylation sites is 1. The van der Waals surface area contributed by atoms with E-state index in [1.165, 1.54) is 23.1 Å². The molecular weight excluding hydrogens is 328 g/mol. The highest BCUT2D eigenvalue weighted by Crippen LogP contribution is 2.28. The van der Waals surface area contributed by atoms with Gasteiger partial charge in [-0.3, -0.25) is 9.78 Å². The number of rotatable bonds is 4. The summed E-state index contributed by atoms with van der Waals surface area (Å²) in [5.41, 5.74) is 2.54. The standard InChI is InChI=1S/C16H16N4OS2/c1-9-8-14(12-6-4-5-7-13(12)17-9)18-15(21)10(2)22-16-20-19-11(3)23-16/h4-8,10H,1-3H3,(H,17,18,21). The Labute approximate surface area is 142 Å². The van der Waals surface area contributed by atoms with Crippen molar-refractivity contribution < 1.29 is 4.79 Å². The number of pyridine rings is 1. The smallest absolute Gasteiger partial charge is 0.237 e. The summed E-state index contributed by atoms with van der Waals surface area (Å²) in [5, 5.41) is 12.6. The molecule has 0 bridgehead atoms. The number of nitrogens with one attached hydrogen (secondary N) is 1. The second-order valence-electron chi connectivity index (χ2n) is 5.16. The van der Waals surface area contributed by atoms with Crippen molar-refractivity contribution >= 4 is 45.6 Å². The van der Waals surface area contributed by atoms with Crippen LogP contribution in [0.4, 0.5) is 5.69 Å². The average molecular weight is 344 g/mol. The Balaban J connectivity index is 1.79. The van der Waals surface area contributed by atoms with Crippen LogP contribution >= 0.6 is 23.1 Å². The molecule has 0 aliphatic rings. The fourth-order valence-electron chi connectivity index (χ4n) is 2.18. The van der Waals surface area contributed by atoms with Crippen LogP contribution in [0, 0.1) is 13.8 Å². The monoisotopic (exact) mass is 344 g/mol. The number of carbonyl (C=O) groups excluding carboxylic acids is 1. The fraction of sp³-hybridized carbons (Fsp3) is 0.250. The first-order valence-corrected chi connectivity index (χ1v) is 8.86. The largest absolute Gasteiger partial charge is 0.324 e. The van der Waals surface area contributed by atoms with E-state index in [1.54, 1.807) is 0 Å². The van der Waals surface area contributed by atoms with Crippen molar-refractivity contribution in [1.29, 1.82) is 0 Å². The van der Waals surface area contributed by atoms with E-state index in [2.05, 4.69) is 20.5 Å². The molecule has 1 unspecified atom stereocenters. The predicted molar refractivity (Wildman–Crippen MR) is 95.1 cm³/mol. The number of nitrogens with zero attached hydrogens (tertiary/aromatic N) is 3. The van der Waals surface area contributed by atoms with Gasteiger partial charge in [-0.1, -0.05) is 41.3 Å². The zero-order chi connectivity index (χ0) is 16.4. The van der Waals surface area contributed by atoms with Crippen LogP contribution in [0.25, 0.3) is 10.9 Å². The maximum atomic E-state index is 12.5. The van der Waals surface area contributed by atoms with E-state index < -0.39 is 0 Å². The summed E-state index contributed by atoms with van der Waals surface area (Å²) in [6, 6.07) is 9.68. The van der Waals surface area contributed by atoms with E-state index in [4.69, 9.17) is 0 Å². The number of fused-ring (bicyclic) bond motifs is 1. The van der Waals surface area contributed by atoms with E-state index in [9.17, 15) is 4.79 Å². The lowest BCUT2D eigenvalue weighted by atomic mass is 10.1. The lowest BCUT2D eigenvalue weighted by Gasteiger charge is -2.13. The van der Waals surface area contributed by atoms with Crippen molar-refractivity contribution in [1.82, 2.24) is 15.2 Å². The van der Waals surface area contributed by atoms with Gasteiger partial charge in [0.25, 0.3) is 0 Å². The lowest BCUT2D eigenvalue weighted by Crippen LogP contribution is -2.22. The van der Waals surface area contributed by atoms with Gasteiger partial charge in [0.15, 0.2) is 4.34 Å². The Morgan fingerprint density at radius 1 is 1.26 bits per heavy atom. The van der Waals surface area contributed by atoms with Gasteiger partial charge in [0.05, 0.1) is 16.5 Å². The van der Waals surface area contributed by atoms with Crippen LogP contribution in [-0.2, 0) is 4.79 Å². The van der Waals surface area contributed by atoms with Crippen LogP contribution in [-0.4, -0.2) is 26.3 Å². The maximum absolute atomic E-state index is 12.5. The number of benzene rings is 1. The first kappa shape index (κ1) is 15.9. The number of carbonyl (C=O) groups is 1. The SMILES string of the molecule is Cc1cc(NC(=O)C(C)Sc2nnc(C)s2)c2ccccc2n1. The van der Waals surface area contributed by atoms with Crippen LogP contribution in [0.5, 0.6) is 0 Å². The van der Waals surface area contributed by atoms with Gasteiger partial charge in [-0.05, 0) is 32.9 Å². The average Bonchev–Trinajstić information content (AvgIpc) is 2.92. The van der Waals surface area contributed by atoms with Crippen molar-refractivity contribution in [3.05, 3.63) is 41.0 Å². The number of aryl methyl sites for hydroxylation is 2. The van der Waals surface area contributed by atoms with Crippen LogP contribution < -0.4 is 5.32 Å². The predicted octanol–water partition coefficient (Wildman–Crippen LogP) is 3.82. The van der Waals surface area contributed by atoms with E-state index in [-0.39, 0.29) is 11.2 Å². The highest BCUT2D eigenvalue weighted by atomic mass is 32.2. The Kier molecular flexibility index (Phi) is 4.58. The second kappa shape index (κ2) is 6.64. The molecule has 1 N–H and O–H groups in total. The van der Waals surface area contributed by atoms with Crippen molar-refractivity contribution in [2.75, 3.05) is 5.32 Å². The van der Waals surface area contributed by atoms with Gasteiger partial charge in [0.2, 0.25) is 5.91 Å². The molecule has 3 rings (SSSR count). The zero-order valence-electron chi connectivity index (χ0n) is 13.0. The summed E-state index contributed by atoms with van der Waals surface area (Å²) in [6.07, 6.45) is 0. The molecule has 3 aromatic rings. The molecule has 1 aromatic carbocycles. The van der Waals surface area contributed by atoms with E-state index in [0.717, 1.165) is 31.6 Å². The molecule has 0 aliphatic carbocycles. The van der Waals surface area contributed by atoms with Crippen molar-refractivity contribution in [3.8, 4) is 0 Å². The summed E-state index contributed by atoms with van der Waals surface area (Å²) in [7, 11) is 0. The first-order valence-electron chi connectivity index (χ1n) is 7.17. The third-order valence-corrected chi connectivity index (χ3v) is 5.28. The summed E-state index contributed by atoms with van der Waals surface area (Å²) < 4.78 is 0.806. The van der Waals surface area contributed by atoms with Gasteiger partial charge in [0.1, 0.15) is 5.01 Å². The normalized spacial score (nSPS) is 12.3. The minimum Gasteiger partial charge on any atom is -0.324 e. The van der Waals surface area contributed by atoms with Crippen LogP contribution in [0.15, 0.2) is 34.7 Å². The molecule has 0 fully saturated rings. The Bertz CT molecular complexity index is 862. The van der Waals surface area contributed by atoms with Gasteiger partial charge in [-0.2, -0.15) is 0 Å². The van der Waals surface area contributed by atoms with Gasteiger partial charge in [-0.15, -0.1) is 10.2 Å². The molecule has 5 nitrogen and oxygen atoms in total. The molecule has 1 atom stereocenters. The summed E-state index contributed by atoms with van der Waals surface area (Å²) in [4.78, 5) is 17.0. The molecule has 0 saturated heterocycles. The van der Waals surface area contributed by atoms with Gasteiger partial charge in [-0.25, -0.2) is 0 Å². The van der Waals surface area contributed by atoms with Crippen LogP contribution in [0.3, 0.4) is 0 Å². The molecular formula is C16H16N4OS2. The molecule has 0 spiro atoms. The summed E-state index contributed by atoms with van der Waals surface area (Å²) >= 11 is 2.91. The maximum Gasteiger partial charge on any atom is 0.237 e. The number of anilines is 1. The summed E-state index contributed by atoms with van der Waals surface area (Å²) in [6.45, 7) is 5.69. The van der Waals surface area contributed by atoms with Crippen molar-refractivity contribution in [2.45, 2.75) is 30.4 Å². The van der Waals surface area contributed by atoms with E-state index in [1.807, 2.05) is 51.1 Å². The Hall–Kier alpha value is -1.99. The van der Waals surface area contributed by atoms with Crippen molar-refractivity contribution in [3.63, 3.8) is 0 Å². The van der Waals surface area contributed by atoms with Gasteiger partial charge < -0.3 is 5.32 Å². The molecule has 2 heterocycles. The number of hydrogen-bond donors (Lipinski definition) is 1. The second-order valence-corrected chi connectivity index (χ2v) is 7.93. The molecule has 0 saturated carbocycles. The lowest BCUT2D eigenvalue weighted by molar-refractivity contribution is -0.115. The minimum atomic E-state index is -0.255. The molecule has 23 heavy (non-hydrogen) atoms. The van der Waals surface area contributed by atoms with Crippen LogP contribution in [0.2, 0.25) is 0 Å². The molecule has 0 aliphatic heterocycles. The van der Waals surface area contributed by atoms with Crippen LogP contribution in [0.1, 0.15) is 17.6 Å². The third-order valence-electron chi connectivity index (χ3n) is 3.26. The summed E-state index contributed by atoms with van der Waals surface area (Å²) in [5.74, 6) is -0.0568. The molecule has 118 valence electrons. The van der Waals surface area contributed by atoms with Crippen molar-refractivity contribution in [2.24, 2.45) is 0 Å². The molecule has 0 radical (unpaired) electrons. The molecule has 2 aromatic heterocycles. The highest BCUT2D eigenvalue weighted by molar-refractivity contribution is 8.02. The number of thioether (sulfide) groups is 1. The Morgan fingerprint density at radius 2 is 2.04 bits per heavy atom. The van der Waals surface area contributed by atoms with E-state index in [0.29, 0.717) is 0 Å². The van der Waals surface area contributed by atoms with E-state index >= 15 is 0 Å². The minimum absolute atomic E-state index is 0.0568. The molecule has 7 heteroatoms. The highest BCUT2D eigenvalue weighted by Gasteiger charge is 2.18. The number of amides is 1. The topological polar surface area (TPSA) is 67.8 Å². The molecule has 1 amide bonds. The first-order chi connectivity index (χ1) is 11.0. The third kappa shape index (κ3) is 3.68.